The van der Waals surface area contributed by atoms with Gasteiger partial charge in [0.15, 0.2) is 5.78 Å². The minimum absolute atomic E-state index is 0.148. The predicted molar refractivity (Wildman–Crippen MR) is 97.5 cm³/mol. The van der Waals surface area contributed by atoms with Gasteiger partial charge in [0.05, 0.1) is 0 Å². The molecular formula is C22H23NO. The van der Waals surface area contributed by atoms with Gasteiger partial charge in [0.2, 0.25) is 0 Å². The van der Waals surface area contributed by atoms with Crippen molar-refractivity contribution >= 4 is 11.4 Å². The molecule has 0 aromatic heterocycles. The zero-order valence-corrected chi connectivity index (χ0v) is 14.1. The smallest absolute Gasteiger partial charge is 0.168 e. The van der Waals surface area contributed by atoms with Crippen LogP contribution in [0.4, 0.5) is 0 Å². The van der Waals surface area contributed by atoms with Gasteiger partial charge in [-0.15, -0.1) is 0 Å². The fourth-order valence-electron chi connectivity index (χ4n) is 3.98. The summed E-state index contributed by atoms with van der Waals surface area (Å²) >= 11 is 0. The molecule has 1 aliphatic heterocycles. The van der Waals surface area contributed by atoms with Crippen LogP contribution in [0, 0.1) is 11.8 Å². The van der Waals surface area contributed by atoms with Crippen molar-refractivity contribution in [3.8, 4) is 0 Å². The lowest BCUT2D eigenvalue weighted by molar-refractivity contribution is -0.116. The molecule has 0 saturated carbocycles. The summed E-state index contributed by atoms with van der Waals surface area (Å²) in [5.41, 5.74) is 4.66. The van der Waals surface area contributed by atoms with Gasteiger partial charge in [0, 0.05) is 37.0 Å². The summed E-state index contributed by atoms with van der Waals surface area (Å²) in [6.45, 7) is 4.96. The van der Waals surface area contributed by atoms with Crippen molar-refractivity contribution in [2.45, 2.75) is 19.9 Å². The van der Waals surface area contributed by atoms with Crippen LogP contribution in [-0.4, -0.2) is 23.8 Å². The summed E-state index contributed by atoms with van der Waals surface area (Å²) in [6.07, 6.45) is 3.26. The van der Waals surface area contributed by atoms with Crippen molar-refractivity contribution in [2.75, 3.05) is 13.1 Å². The molecule has 2 atom stereocenters. The lowest BCUT2D eigenvalue weighted by Crippen LogP contribution is -2.23. The Morgan fingerprint density at radius 3 is 2.38 bits per heavy atom. The van der Waals surface area contributed by atoms with Crippen molar-refractivity contribution < 1.29 is 4.79 Å². The second-order valence-corrected chi connectivity index (χ2v) is 6.95. The van der Waals surface area contributed by atoms with Crippen LogP contribution in [-0.2, 0) is 17.8 Å². The van der Waals surface area contributed by atoms with Crippen molar-refractivity contribution in [2.24, 2.45) is 11.8 Å². The predicted octanol–water partition coefficient (Wildman–Crippen LogP) is 3.96. The molecule has 1 fully saturated rings. The van der Waals surface area contributed by atoms with Gasteiger partial charge in [-0.2, -0.15) is 0 Å². The molecule has 2 aromatic carbocycles. The van der Waals surface area contributed by atoms with Gasteiger partial charge in [-0.3, -0.25) is 9.69 Å². The fourth-order valence-corrected chi connectivity index (χ4v) is 3.98. The number of carbonyl (C=O) groups excluding carboxylic acids is 1. The molecule has 0 unspecified atom stereocenters. The van der Waals surface area contributed by atoms with E-state index >= 15 is 0 Å². The highest BCUT2D eigenvalue weighted by Crippen LogP contribution is 2.38. The van der Waals surface area contributed by atoms with Gasteiger partial charge in [0.1, 0.15) is 0 Å². The number of allylic oxidation sites excluding steroid dienone is 1. The Balaban J connectivity index is 1.48. The molecule has 1 saturated heterocycles. The standard InChI is InChI=1S/C22H23NO/c1-2-16-8-10-18(11-9-16)20-12-19-14-23(15-21(19)22(20)24)13-17-6-4-3-5-7-17/h3-12,19,21H,2,13-15H2,1H3/t19-,21+/m0/s1. The molecule has 24 heavy (non-hydrogen) atoms. The number of hydrogen-bond acceptors (Lipinski definition) is 2. The molecule has 0 bridgehead atoms. The number of Topliss-reactive ketones (excluding diaryl/α,β-unsaturated/α-hetero) is 1. The first kappa shape index (κ1) is 15.3. The zero-order chi connectivity index (χ0) is 16.5. The molecule has 4 rings (SSSR count). The van der Waals surface area contributed by atoms with E-state index in [1.54, 1.807) is 0 Å². The third kappa shape index (κ3) is 2.83. The summed E-state index contributed by atoms with van der Waals surface area (Å²) in [5.74, 6) is 0.858. The highest BCUT2D eigenvalue weighted by Gasteiger charge is 2.42. The first-order chi connectivity index (χ1) is 11.7. The Labute approximate surface area is 143 Å². The molecule has 2 nitrogen and oxygen atoms in total. The molecule has 2 aromatic rings. The maximum Gasteiger partial charge on any atom is 0.168 e. The van der Waals surface area contributed by atoms with Gasteiger partial charge in [-0.1, -0.05) is 67.6 Å². The topological polar surface area (TPSA) is 20.3 Å². The monoisotopic (exact) mass is 317 g/mol. The SMILES string of the molecule is CCc1ccc(C2=C[C@H]3CN(Cc4ccccc4)C[C@H]3C2=O)cc1. The number of aryl methyl sites for hydroxylation is 1. The van der Waals surface area contributed by atoms with Gasteiger partial charge in [-0.05, 0) is 23.1 Å². The first-order valence-electron chi connectivity index (χ1n) is 8.86. The molecule has 2 aliphatic rings. The average Bonchev–Trinajstić information content (AvgIpc) is 3.15. The molecule has 2 heteroatoms. The van der Waals surface area contributed by atoms with E-state index in [0.717, 1.165) is 37.2 Å². The Morgan fingerprint density at radius 2 is 1.71 bits per heavy atom. The summed E-state index contributed by atoms with van der Waals surface area (Å²) in [4.78, 5) is 15.3. The molecular weight excluding hydrogens is 294 g/mol. The lowest BCUT2D eigenvalue weighted by Gasteiger charge is -2.16. The second-order valence-electron chi connectivity index (χ2n) is 6.95. The van der Waals surface area contributed by atoms with Crippen LogP contribution in [0.3, 0.4) is 0 Å². The summed E-state index contributed by atoms with van der Waals surface area (Å²) in [6, 6.07) is 19.0. The maximum atomic E-state index is 12.8. The fraction of sp³-hybridized carbons (Fsp3) is 0.318. The normalized spacial score (nSPS) is 23.4. The number of ketones is 1. The second kappa shape index (κ2) is 6.37. The highest BCUT2D eigenvalue weighted by molar-refractivity contribution is 6.24. The van der Waals surface area contributed by atoms with Crippen molar-refractivity contribution in [1.29, 1.82) is 0 Å². The van der Waals surface area contributed by atoms with Gasteiger partial charge < -0.3 is 0 Å². The average molecular weight is 317 g/mol. The molecule has 122 valence electrons. The molecule has 0 radical (unpaired) electrons. The Hall–Kier alpha value is -2.19. The summed E-state index contributed by atoms with van der Waals surface area (Å²) in [5, 5.41) is 0. The van der Waals surface area contributed by atoms with Crippen molar-refractivity contribution in [1.82, 2.24) is 4.90 Å². The molecule has 0 N–H and O–H groups in total. The van der Waals surface area contributed by atoms with Gasteiger partial charge in [0.25, 0.3) is 0 Å². The van der Waals surface area contributed by atoms with E-state index in [2.05, 4.69) is 66.4 Å². The number of hydrogen-bond donors (Lipinski definition) is 0. The van der Waals surface area contributed by atoms with E-state index in [9.17, 15) is 4.79 Å². The van der Waals surface area contributed by atoms with Crippen LogP contribution in [0.15, 0.2) is 60.7 Å². The van der Waals surface area contributed by atoms with Crippen LogP contribution >= 0.6 is 0 Å². The minimum Gasteiger partial charge on any atom is -0.298 e. The number of benzene rings is 2. The van der Waals surface area contributed by atoms with E-state index < -0.39 is 0 Å². The van der Waals surface area contributed by atoms with Crippen molar-refractivity contribution in [3.63, 3.8) is 0 Å². The van der Waals surface area contributed by atoms with Crippen molar-refractivity contribution in [3.05, 3.63) is 77.4 Å². The lowest BCUT2D eigenvalue weighted by atomic mass is 9.96. The largest absolute Gasteiger partial charge is 0.298 e. The van der Waals surface area contributed by atoms with E-state index in [4.69, 9.17) is 0 Å². The number of likely N-dealkylation sites (tertiary alicyclic amines) is 1. The molecule has 1 heterocycles. The number of carbonyl (C=O) groups is 1. The number of fused-ring (bicyclic) bond motifs is 1. The Kier molecular flexibility index (Phi) is 4.07. The molecule has 0 amide bonds. The summed E-state index contributed by atoms with van der Waals surface area (Å²) in [7, 11) is 0. The molecule has 0 spiro atoms. The van der Waals surface area contributed by atoms with E-state index in [-0.39, 0.29) is 5.92 Å². The van der Waals surface area contributed by atoms with Gasteiger partial charge >= 0.3 is 0 Å². The maximum absolute atomic E-state index is 12.8. The van der Waals surface area contributed by atoms with E-state index in [0.29, 0.717) is 11.7 Å². The third-order valence-electron chi connectivity index (χ3n) is 5.35. The van der Waals surface area contributed by atoms with Crippen LogP contribution in [0.5, 0.6) is 0 Å². The van der Waals surface area contributed by atoms with E-state index in [1.165, 1.54) is 11.1 Å². The van der Waals surface area contributed by atoms with E-state index in [1.807, 2.05) is 6.07 Å². The highest BCUT2D eigenvalue weighted by atomic mass is 16.1. The van der Waals surface area contributed by atoms with Crippen LogP contribution in [0.2, 0.25) is 0 Å². The quantitative estimate of drug-likeness (QED) is 0.850. The van der Waals surface area contributed by atoms with Crippen LogP contribution in [0.25, 0.3) is 5.57 Å². The van der Waals surface area contributed by atoms with Gasteiger partial charge in [-0.25, -0.2) is 0 Å². The number of nitrogens with zero attached hydrogens (tertiary/aromatic N) is 1. The minimum atomic E-state index is 0.148. The first-order valence-corrected chi connectivity index (χ1v) is 8.86. The molecule has 1 aliphatic carbocycles. The third-order valence-corrected chi connectivity index (χ3v) is 5.35. The Morgan fingerprint density at radius 1 is 0.958 bits per heavy atom. The number of rotatable bonds is 4. The Bertz CT molecular complexity index is 760. The summed E-state index contributed by atoms with van der Waals surface area (Å²) < 4.78 is 0. The zero-order valence-electron chi connectivity index (χ0n) is 14.1. The van der Waals surface area contributed by atoms with Crippen LogP contribution < -0.4 is 0 Å². The van der Waals surface area contributed by atoms with Crippen LogP contribution in [0.1, 0.15) is 23.6 Å².